The first-order chi connectivity index (χ1) is 14.5. The zero-order valence-electron chi connectivity index (χ0n) is 17.7. The van der Waals surface area contributed by atoms with Crippen LogP contribution in [-0.4, -0.2) is 43.0 Å². The number of carbonyl (C=O) groups excluding carboxylic acids is 2. The van der Waals surface area contributed by atoms with Crippen molar-refractivity contribution in [3.05, 3.63) is 59.2 Å². The maximum atomic E-state index is 13.0. The van der Waals surface area contributed by atoms with Crippen molar-refractivity contribution >= 4 is 29.3 Å². The highest BCUT2D eigenvalue weighted by Crippen LogP contribution is 2.25. The molecule has 0 bridgehead atoms. The number of aryl methyl sites for hydroxylation is 1. The van der Waals surface area contributed by atoms with Crippen molar-refractivity contribution in [2.75, 3.05) is 24.4 Å². The van der Waals surface area contributed by atoms with E-state index in [-0.39, 0.29) is 17.9 Å². The SMILES string of the molecule is COc1ccc(C)cc1NC(=O)C(CCSC)NC(=O)C1Cc2ccccc2CN1. The predicted octanol–water partition coefficient (Wildman–Crippen LogP) is 2.89. The normalized spacial score (nSPS) is 16.3. The molecule has 2 amide bonds. The van der Waals surface area contributed by atoms with Crippen molar-refractivity contribution < 1.29 is 14.3 Å². The molecule has 0 spiro atoms. The highest BCUT2D eigenvalue weighted by Gasteiger charge is 2.28. The summed E-state index contributed by atoms with van der Waals surface area (Å²) in [6, 6.07) is 12.8. The van der Waals surface area contributed by atoms with Crippen LogP contribution in [0.3, 0.4) is 0 Å². The van der Waals surface area contributed by atoms with Crippen LogP contribution >= 0.6 is 11.8 Å². The molecule has 2 unspecified atom stereocenters. The van der Waals surface area contributed by atoms with Crippen LogP contribution < -0.4 is 20.7 Å². The average Bonchev–Trinajstić information content (AvgIpc) is 2.76. The van der Waals surface area contributed by atoms with E-state index in [0.717, 1.165) is 11.3 Å². The third-order valence-electron chi connectivity index (χ3n) is 5.25. The molecule has 0 aliphatic carbocycles. The number of nitrogens with one attached hydrogen (secondary N) is 3. The number of ether oxygens (including phenoxy) is 1. The number of rotatable bonds is 8. The van der Waals surface area contributed by atoms with Gasteiger partial charge >= 0.3 is 0 Å². The van der Waals surface area contributed by atoms with E-state index in [9.17, 15) is 9.59 Å². The topological polar surface area (TPSA) is 79.5 Å². The minimum absolute atomic E-state index is 0.151. The molecule has 7 heteroatoms. The van der Waals surface area contributed by atoms with Gasteiger partial charge in [-0.05, 0) is 60.6 Å². The van der Waals surface area contributed by atoms with Gasteiger partial charge in [0.1, 0.15) is 11.8 Å². The minimum atomic E-state index is -0.617. The third-order valence-corrected chi connectivity index (χ3v) is 5.90. The lowest BCUT2D eigenvalue weighted by atomic mass is 9.95. The van der Waals surface area contributed by atoms with Crippen LogP contribution in [0.1, 0.15) is 23.1 Å². The van der Waals surface area contributed by atoms with Crippen LogP contribution in [0.15, 0.2) is 42.5 Å². The van der Waals surface area contributed by atoms with Crippen LogP contribution in [0.25, 0.3) is 0 Å². The van der Waals surface area contributed by atoms with Gasteiger partial charge < -0.3 is 20.7 Å². The molecule has 0 radical (unpaired) electrons. The molecule has 1 heterocycles. The van der Waals surface area contributed by atoms with Crippen LogP contribution in [0.4, 0.5) is 5.69 Å². The molecule has 3 N–H and O–H groups in total. The average molecular weight is 428 g/mol. The first kappa shape index (κ1) is 22.2. The van der Waals surface area contributed by atoms with Gasteiger partial charge in [-0.25, -0.2) is 0 Å². The molecule has 30 heavy (non-hydrogen) atoms. The molecule has 0 fully saturated rings. The Labute approximate surface area is 182 Å². The molecule has 6 nitrogen and oxygen atoms in total. The second-order valence-electron chi connectivity index (χ2n) is 7.44. The van der Waals surface area contributed by atoms with Crippen LogP contribution in [0.5, 0.6) is 5.75 Å². The molecular weight excluding hydrogens is 398 g/mol. The molecule has 0 saturated heterocycles. The van der Waals surface area contributed by atoms with Gasteiger partial charge in [0.05, 0.1) is 18.8 Å². The van der Waals surface area contributed by atoms with Gasteiger partial charge in [-0.3, -0.25) is 9.59 Å². The summed E-state index contributed by atoms with van der Waals surface area (Å²) in [6.45, 7) is 2.60. The van der Waals surface area contributed by atoms with E-state index < -0.39 is 6.04 Å². The highest BCUT2D eigenvalue weighted by atomic mass is 32.2. The van der Waals surface area contributed by atoms with Crippen molar-refractivity contribution in [3.8, 4) is 5.75 Å². The van der Waals surface area contributed by atoms with Crippen molar-refractivity contribution in [1.82, 2.24) is 10.6 Å². The molecule has 1 aliphatic heterocycles. The second-order valence-corrected chi connectivity index (χ2v) is 8.43. The maximum absolute atomic E-state index is 13.0. The number of hydrogen-bond donors (Lipinski definition) is 3. The Kier molecular flexibility index (Phi) is 7.76. The number of anilines is 1. The molecular formula is C23H29N3O3S. The van der Waals surface area contributed by atoms with Crippen molar-refractivity contribution in [2.24, 2.45) is 0 Å². The van der Waals surface area contributed by atoms with Crippen molar-refractivity contribution in [2.45, 2.75) is 38.4 Å². The Balaban J connectivity index is 1.69. The number of benzene rings is 2. The van der Waals surface area contributed by atoms with Crippen LogP contribution in [0.2, 0.25) is 0 Å². The standard InChI is InChI=1S/C23H29N3O3S/c1-15-8-9-21(29-2)19(12-15)26-22(27)18(10-11-30-3)25-23(28)20-13-16-6-4-5-7-17(16)14-24-20/h4-9,12,18,20,24H,10-11,13-14H2,1-3H3,(H,25,28)(H,26,27). The Bertz CT molecular complexity index is 903. The van der Waals surface area contributed by atoms with E-state index in [1.165, 1.54) is 11.1 Å². The summed E-state index contributed by atoms with van der Waals surface area (Å²) in [5, 5.41) is 9.17. The Hall–Kier alpha value is -2.51. The second kappa shape index (κ2) is 10.5. The van der Waals surface area contributed by atoms with Crippen molar-refractivity contribution in [3.63, 3.8) is 0 Å². The monoisotopic (exact) mass is 427 g/mol. The Morgan fingerprint density at radius 1 is 1.23 bits per heavy atom. The number of hydrogen-bond acceptors (Lipinski definition) is 5. The molecule has 1 aliphatic rings. The van der Waals surface area contributed by atoms with Gasteiger partial charge in [-0.1, -0.05) is 30.3 Å². The quantitative estimate of drug-likeness (QED) is 0.604. The van der Waals surface area contributed by atoms with Crippen LogP contribution in [0, 0.1) is 6.92 Å². The van der Waals surface area contributed by atoms with Crippen LogP contribution in [-0.2, 0) is 22.6 Å². The van der Waals surface area contributed by atoms with E-state index >= 15 is 0 Å². The summed E-state index contributed by atoms with van der Waals surface area (Å²) >= 11 is 1.65. The summed E-state index contributed by atoms with van der Waals surface area (Å²) in [5.74, 6) is 0.971. The molecule has 2 atom stereocenters. The largest absolute Gasteiger partial charge is 0.495 e. The zero-order chi connectivity index (χ0) is 21.5. The van der Waals surface area contributed by atoms with Crippen molar-refractivity contribution in [1.29, 1.82) is 0 Å². The van der Waals surface area contributed by atoms with Gasteiger partial charge in [0, 0.05) is 6.54 Å². The number of methoxy groups -OCH3 is 1. The molecule has 3 rings (SSSR count). The fourth-order valence-corrected chi connectivity index (χ4v) is 4.03. The first-order valence-electron chi connectivity index (χ1n) is 10.1. The van der Waals surface area contributed by atoms with E-state index in [1.54, 1.807) is 18.9 Å². The zero-order valence-corrected chi connectivity index (χ0v) is 18.5. The molecule has 2 aromatic rings. The summed E-state index contributed by atoms with van der Waals surface area (Å²) in [6.07, 6.45) is 3.15. The highest BCUT2D eigenvalue weighted by molar-refractivity contribution is 7.98. The fourth-order valence-electron chi connectivity index (χ4n) is 3.56. The summed E-state index contributed by atoms with van der Waals surface area (Å²) in [4.78, 5) is 25.9. The van der Waals surface area contributed by atoms with E-state index in [4.69, 9.17) is 4.74 Å². The number of amides is 2. The van der Waals surface area contributed by atoms with E-state index in [1.807, 2.05) is 43.5 Å². The van der Waals surface area contributed by atoms with Gasteiger partial charge in [-0.15, -0.1) is 0 Å². The summed E-state index contributed by atoms with van der Waals surface area (Å²) in [5.41, 5.74) is 4.01. The van der Waals surface area contributed by atoms with Gasteiger partial charge in [-0.2, -0.15) is 11.8 Å². The third kappa shape index (κ3) is 5.55. The lowest BCUT2D eigenvalue weighted by Gasteiger charge is -2.27. The maximum Gasteiger partial charge on any atom is 0.247 e. The number of carbonyl (C=O) groups is 2. The predicted molar refractivity (Wildman–Crippen MR) is 122 cm³/mol. The lowest BCUT2D eigenvalue weighted by Crippen LogP contribution is -2.53. The smallest absolute Gasteiger partial charge is 0.247 e. The van der Waals surface area contributed by atoms with Gasteiger partial charge in [0.15, 0.2) is 0 Å². The van der Waals surface area contributed by atoms with Gasteiger partial charge in [0.25, 0.3) is 0 Å². The molecule has 0 aromatic heterocycles. The van der Waals surface area contributed by atoms with Gasteiger partial charge in [0.2, 0.25) is 11.8 Å². The Morgan fingerprint density at radius 2 is 2.00 bits per heavy atom. The van der Waals surface area contributed by atoms with E-state index in [2.05, 4.69) is 28.1 Å². The van der Waals surface area contributed by atoms with E-state index in [0.29, 0.717) is 30.8 Å². The molecule has 2 aromatic carbocycles. The minimum Gasteiger partial charge on any atom is -0.495 e. The number of thioether (sulfide) groups is 1. The Morgan fingerprint density at radius 3 is 2.73 bits per heavy atom. The fraction of sp³-hybridized carbons (Fsp3) is 0.391. The first-order valence-corrected chi connectivity index (χ1v) is 11.5. The lowest BCUT2D eigenvalue weighted by molar-refractivity contribution is -0.128. The number of fused-ring (bicyclic) bond motifs is 1. The molecule has 0 saturated carbocycles. The molecule has 160 valence electrons. The summed E-state index contributed by atoms with van der Waals surface area (Å²) < 4.78 is 5.36. The summed E-state index contributed by atoms with van der Waals surface area (Å²) in [7, 11) is 1.57.